The number of aromatic nitrogens is 4. The second-order valence-electron chi connectivity index (χ2n) is 3.42. The number of hydrogen-bond acceptors (Lipinski definition) is 5. The number of anilines is 2. The summed E-state index contributed by atoms with van der Waals surface area (Å²) in [6, 6.07) is 1.58. The van der Waals surface area contributed by atoms with E-state index in [9.17, 15) is 4.79 Å². The van der Waals surface area contributed by atoms with Gasteiger partial charge in [-0.25, -0.2) is 4.98 Å². The summed E-state index contributed by atoms with van der Waals surface area (Å²) in [7, 11) is 0. The minimum Gasteiger partial charge on any atom is -0.366 e. The Morgan fingerprint density at radius 3 is 2.72 bits per heavy atom. The lowest BCUT2D eigenvalue weighted by molar-refractivity contribution is 0.101. The lowest BCUT2D eigenvalue weighted by Gasteiger charge is -2.08. The molecule has 0 saturated heterocycles. The summed E-state index contributed by atoms with van der Waals surface area (Å²) in [6.07, 6.45) is 0. The van der Waals surface area contributed by atoms with Crippen molar-refractivity contribution in [1.29, 1.82) is 0 Å². The van der Waals surface area contributed by atoms with Crippen LogP contribution in [0.3, 0.4) is 0 Å². The summed E-state index contributed by atoms with van der Waals surface area (Å²) < 4.78 is 0. The summed E-state index contributed by atoms with van der Waals surface area (Å²) in [4.78, 5) is 19.3. The molecule has 0 aromatic carbocycles. The first-order chi connectivity index (χ1) is 8.47. The maximum Gasteiger partial charge on any atom is 0.293 e. The predicted octanol–water partition coefficient (Wildman–Crippen LogP) is 1.65. The van der Waals surface area contributed by atoms with Gasteiger partial charge in [-0.15, -0.1) is 5.10 Å². The summed E-state index contributed by atoms with van der Waals surface area (Å²) in [5.41, 5.74) is 6.34. The third kappa shape index (κ3) is 2.52. The van der Waals surface area contributed by atoms with Gasteiger partial charge < -0.3 is 11.1 Å². The fraction of sp³-hybridized carbons (Fsp3) is 0.111. The molecule has 0 fully saturated rings. The monoisotopic (exact) mass is 286 g/mol. The van der Waals surface area contributed by atoms with Crippen LogP contribution >= 0.6 is 23.2 Å². The van der Waals surface area contributed by atoms with Gasteiger partial charge >= 0.3 is 0 Å². The highest BCUT2D eigenvalue weighted by atomic mass is 35.5. The van der Waals surface area contributed by atoms with Gasteiger partial charge in [-0.1, -0.05) is 23.2 Å². The Bertz CT molecular complexity index is 588. The van der Waals surface area contributed by atoms with Gasteiger partial charge in [-0.3, -0.25) is 9.89 Å². The molecule has 0 aliphatic carbocycles. The number of carbonyl (C=O) groups is 1. The van der Waals surface area contributed by atoms with E-state index in [0.29, 0.717) is 11.3 Å². The van der Waals surface area contributed by atoms with Crippen LogP contribution in [0.1, 0.15) is 16.2 Å². The minimum atomic E-state index is -0.520. The second-order valence-corrected chi connectivity index (χ2v) is 4.17. The van der Waals surface area contributed by atoms with E-state index in [1.807, 2.05) is 0 Å². The molecule has 2 rings (SSSR count). The number of H-pyrrole nitrogens is 1. The highest BCUT2D eigenvalue weighted by molar-refractivity contribution is 6.35. The summed E-state index contributed by atoms with van der Waals surface area (Å²) in [5.74, 6) is -0.552. The van der Waals surface area contributed by atoms with E-state index in [-0.39, 0.29) is 22.1 Å². The van der Waals surface area contributed by atoms with E-state index < -0.39 is 5.91 Å². The van der Waals surface area contributed by atoms with Gasteiger partial charge in [0.25, 0.3) is 5.91 Å². The van der Waals surface area contributed by atoms with Gasteiger partial charge in [0.15, 0.2) is 5.15 Å². The predicted molar refractivity (Wildman–Crippen MR) is 67.7 cm³/mol. The first kappa shape index (κ1) is 12.6. The van der Waals surface area contributed by atoms with E-state index in [0.717, 1.165) is 0 Å². The molecule has 0 spiro atoms. The van der Waals surface area contributed by atoms with Gasteiger partial charge in [0.2, 0.25) is 11.8 Å². The van der Waals surface area contributed by atoms with E-state index in [1.54, 1.807) is 13.0 Å². The molecule has 2 aromatic rings. The number of halogens is 2. The molecule has 0 bridgehead atoms. The maximum absolute atomic E-state index is 11.8. The molecule has 0 saturated carbocycles. The number of nitrogen functional groups attached to an aromatic ring is 1. The molecule has 9 heteroatoms. The fourth-order valence-corrected chi connectivity index (χ4v) is 1.87. The van der Waals surface area contributed by atoms with E-state index in [2.05, 4.69) is 25.5 Å². The lowest BCUT2D eigenvalue weighted by atomic mass is 10.2. The molecule has 2 heterocycles. The van der Waals surface area contributed by atoms with Crippen molar-refractivity contribution in [1.82, 2.24) is 20.2 Å². The van der Waals surface area contributed by atoms with Crippen molar-refractivity contribution >= 4 is 40.7 Å². The number of aromatic amines is 1. The Labute approximate surface area is 112 Å². The zero-order chi connectivity index (χ0) is 13.3. The third-order valence-electron chi connectivity index (χ3n) is 2.10. The SMILES string of the molecule is Cc1cc(Cl)nc(Cl)c1NC(=O)c1nc(N)n[nH]1. The summed E-state index contributed by atoms with van der Waals surface area (Å²) in [5, 5.41) is 8.84. The van der Waals surface area contributed by atoms with Crippen LogP contribution in [0.5, 0.6) is 0 Å². The molecule has 7 nitrogen and oxygen atoms in total. The van der Waals surface area contributed by atoms with Gasteiger partial charge in [0.05, 0.1) is 5.69 Å². The number of pyridine rings is 1. The molecule has 18 heavy (non-hydrogen) atoms. The highest BCUT2D eigenvalue weighted by Crippen LogP contribution is 2.26. The van der Waals surface area contributed by atoms with Crippen LogP contribution in [0, 0.1) is 6.92 Å². The van der Waals surface area contributed by atoms with Crippen LogP contribution in [-0.2, 0) is 0 Å². The standard InChI is InChI=1S/C9H8Cl2N6O/c1-3-2-4(10)13-6(11)5(3)14-8(18)7-15-9(12)17-16-7/h2H,1H3,(H,14,18)(H3,12,15,16,17). The van der Waals surface area contributed by atoms with Crippen LogP contribution < -0.4 is 11.1 Å². The van der Waals surface area contributed by atoms with Crippen LogP contribution in [0.2, 0.25) is 10.3 Å². The molecule has 0 radical (unpaired) electrons. The summed E-state index contributed by atoms with van der Waals surface area (Å²) >= 11 is 11.6. The number of nitrogens with zero attached hydrogens (tertiary/aromatic N) is 3. The minimum absolute atomic E-state index is 0.0158. The van der Waals surface area contributed by atoms with Crippen molar-refractivity contribution in [2.24, 2.45) is 0 Å². The Hall–Kier alpha value is -1.86. The van der Waals surface area contributed by atoms with Crippen molar-refractivity contribution in [3.05, 3.63) is 27.8 Å². The zero-order valence-corrected chi connectivity index (χ0v) is 10.7. The van der Waals surface area contributed by atoms with Crippen molar-refractivity contribution in [2.45, 2.75) is 6.92 Å². The molecule has 0 aliphatic heterocycles. The third-order valence-corrected chi connectivity index (χ3v) is 2.56. The second kappa shape index (κ2) is 4.79. The smallest absolute Gasteiger partial charge is 0.293 e. The maximum atomic E-state index is 11.8. The molecule has 0 unspecified atom stereocenters. The van der Waals surface area contributed by atoms with Crippen molar-refractivity contribution in [3.8, 4) is 0 Å². The normalized spacial score (nSPS) is 10.4. The molecule has 4 N–H and O–H groups in total. The number of aryl methyl sites for hydroxylation is 1. The van der Waals surface area contributed by atoms with Crippen LogP contribution in [-0.4, -0.2) is 26.1 Å². The molecule has 0 aliphatic rings. The van der Waals surface area contributed by atoms with Crippen LogP contribution in [0.4, 0.5) is 11.6 Å². The molecule has 94 valence electrons. The van der Waals surface area contributed by atoms with Crippen molar-refractivity contribution in [3.63, 3.8) is 0 Å². The molecular formula is C9H8Cl2N6O. The first-order valence-electron chi connectivity index (χ1n) is 4.79. The molecule has 2 aromatic heterocycles. The summed E-state index contributed by atoms with van der Waals surface area (Å²) in [6.45, 7) is 1.74. The average Bonchev–Trinajstić information content (AvgIpc) is 2.70. The number of amides is 1. The average molecular weight is 287 g/mol. The van der Waals surface area contributed by atoms with E-state index >= 15 is 0 Å². The Kier molecular flexibility index (Phi) is 3.35. The van der Waals surface area contributed by atoms with E-state index in [1.165, 1.54) is 0 Å². The molecule has 0 atom stereocenters. The van der Waals surface area contributed by atoms with Gasteiger partial charge in [0, 0.05) is 0 Å². The zero-order valence-electron chi connectivity index (χ0n) is 9.16. The number of rotatable bonds is 2. The molecular weight excluding hydrogens is 279 g/mol. The fourth-order valence-electron chi connectivity index (χ4n) is 1.29. The number of nitrogens with one attached hydrogen (secondary N) is 2. The number of nitrogens with two attached hydrogens (primary N) is 1. The Balaban J connectivity index is 2.27. The first-order valence-corrected chi connectivity index (χ1v) is 5.55. The van der Waals surface area contributed by atoms with Crippen LogP contribution in [0.25, 0.3) is 0 Å². The van der Waals surface area contributed by atoms with E-state index in [4.69, 9.17) is 28.9 Å². The number of hydrogen-bond donors (Lipinski definition) is 3. The highest BCUT2D eigenvalue weighted by Gasteiger charge is 2.15. The Morgan fingerprint density at radius 1 is 1.44 bits per heavy atom. The van der Waals surface area contributed by atoms with Crippen LogP contribution in [0.15, 0.2) is 6.07 Å². The van der Waals surface area contributed by atoms with Gasteiger partial charge in [0.1, 0.15) is 5.15 Å². The quantitative estimate of drug-likeness (QED) is 0.727. The number of carbonyl (C=O) groups excluding carboxylic acids is 1. The van der Waals surface area contributed by atoms with Crippen molar-refractivity contribution < 1.29 is 4.79 Å². The topological polar surface area (TPSA) is 110 Å². The Morgan fingerprint density at radius 2 is 2.17 bits per heavy atom. The van der Waals surface area contributed by atoms with Gasteiger partial charge in [-0.2, -0.15) is 4.98 Å². The lowest BCUT2D eigenvalue weighted by Crippen LogP contribution is -2.15. The largest absolute Gasteiger partial charge is 0.366 e. The van der Waals surface area contributed by atoms with Gasteiger partial charge in [-0.05, 0) is 18.6 Å². The molecule has 1 amide bonds. The van der Waals surface area contributed by atoms with Crippen molar-refractivity contribution in [2.75, 3.05) is 11.1 Å².